The summed E-state index contributed by atoms with van der Waals surface area (Å²) in [7, 11) is 0. The predicted molar refractivity (Wildman–Crippen MR) is 77.6 cm³/mol. The van der Waals surface area contributed by atoms with E-state index < -0.39 is 11.9 Å². The van der Waals surface area contributed by atoms with E-state index in [4.69, 9.17) is 4.52 Å². The molecule has 3 aromatic rings. The first-order valence-corrected chi connectivity index (χ1v) is 6.95. The molecule has 1 N–H and O–H groups in total. The molecule has 0 aliphatic carbocycles. The van der Waals surface area contributed by atoms with Gasteiger partial charge in [0.25, 0.3) is 0 Å². The van der Waals surface area contributed by atoms with Crippen molar-refractivity contribution in [2.24, 2.45) is 0 Å². The quantitative estimate of drug-likeness (QED) is 0.773. The van der Waals surface area contributed by atoms with Gasteiger partial charge in [0, 0.05) is 24.9 Å². The molecule has 0 fully saturated rings. The number of nitrogens with one attached hydrogen (secondary N) is 1. The Morgan fingerprint density at radius 3 is 2.87 bits per heavy atom. The molecule has 2 aromatic heterocycles. The van der Waals surface area contributed by atoms with Crippen LogP contribution in [0.15, 0.2) is 47.2 Å². The van der Waals surface area contributed by atoms with Crippen LogP contribution in [0.2, 0.25) is 0 Å². The third kappa shape index (κ3) is 3.42. The number of benzene rings is 1. The van der Waals surface area contributed by atoms with Crippen LogP contribution in [0.1, 0.15) is 23.3 Å². The van der Waals surface area contributed by atoms with Gasteiger partial charge in [-0.25, -0.2) is 4.39 Å². The van der Waals surface area contributed by atoms with E-state index in [2.05, 4.69) is 20.6 Å². The highest BCUT2D eigenvalue weighted by Crippen LogP contribution is 2.22. The zero-order valence-electron chi connectivity index (χ0n) is 12.3. The summed E-state index contributed by atoms with van der Waals surface area (Å²) < 4.78 is 20.5. The van der Waals surface area contributed by atoms with E-state index in [0.717, 1.165) is 0 Å². The van der Waals surface area contributed by atoms with E-state index >= 15 is 0 Å². The Kier molecular flexibility index (Phi) is 4.13. The molecule has 1 atom stereocenters. The maximum absolute atomic E-state index is 14.1. The molecule has 1 amide bonds. The normalized spacial score (nSPS) is 12.1. The molecule has 0 saturated heterocycles. The van der Waals surface area contributed by atoms with Crippen molar-refractivity contribution in [2.45, 2.75) is 19.5 Å². The summed E-state index contributed by atoms with van der Waals surface area (Å²) in [5, 5.41) is 10.5. The van der Waals surface area contributed by atoms with Gasteiger partial charge in [-0.15, -0.1) is 0 Å². The number of aromatic nitrogens is 4. The van der Waals surface area contributed by atoms with E-state index in [-0.39, 0.29) is 23.8 Å². The summed E-state index contributed by atoms with van der Waals surface area (Å²) in [5.74, 6) is -0.271. The molecule has 23 heavy (non-hydrogen) atoms. The first-order valence-electron chi connectivity index (χ1n) is 6.95. The zero-order valence-corrected chi connectivity index (χ0v) is 12.3. The van der Waals surface area contributed by atoms with Crippen LogP contribution >= 0.6 is 0 Å². The average Bonchev–Trinajstić information content (AvgIpc) is 3.17. The van der Waals surface area contributed by atoms with Crippen LogP contribution in [-0.4, -0.2) is 25.8 Å². The second-order valence-corrected chi connectivity index (χ2v) is 4.90. The van der Waals surface area contributed by atoms with E-state index in [1.807, 2.05) is 0 Å². The molecule has 0 spiro atoms. The number of hydrogen-bond donors (Lipinski definition) is 1. The smallest absolute Gasteiger partial charge is 0.242 e. The molecular formula is C15H14FN5O2. The number of carbonyl (C=O) groups excluding carboxylic acids is 1. The fourth-order valence-corrected chi connectivity index (χ4v) is 2.17. The van der Waals surface area contributed by atoms with Crippen LogP contribution in [0.4, 0.5) is 4.39 Å². The maximum Gasteiger partial charge on any atom is 0.242 e. The van der Waals surface area contributed by atoms with E-state index in [1.165, 1.54) is 10.7 Å². The van der Waals surface area contributed by atoms with Gasteiger partial charge in [-0.2, -0.15) is 10.1 Å². The highest BCUT2D eigenvalue weighted by atomic mass is 19.1. The van der Waals surface area contributed by atoms with E-state index in [9.17, 15) is 9.18 Å². The molecule has 1 aromatic carbocycles. The van der Waals surface area contributed by atoms with Crippen molar-refractivity contribution in [1.29, 1.82) is 0 Å². The van der Waals surface area contributed by atoms with Gasteiger partial charge in [-0.05, 0) is 12.1 Å². The summed E-state index contributed by atoms with van der Waals surface area (Å²) in [6, 6.07) is 7.01. The van der Waals surface area contributed by atoms with Crippen LogP contribution < -0.4 is 5.32 Å². The second-order valence-electron chi connectivity index (χ2n) is 4.90. The van der Waals surface area contributed by atoms with Crippen molar-refractivity contribution in [2.75, 3.05) is 0 Å². The number of aryl methyl sites for hydroxylation is 1. The molecule has 118 valence electrons. The number of amides is 1. The predicted octanol–water partition coefficient (Wildman–Crippen LogP) is 1.62. The Hall–Kier alpha value is -3.03. The third-order valence-corrected chi connectivity index (χ3v) is 3.19. The molecule has 8 heteroatoms. The fourth-order valence-electron chi connectivity index (χ4n) is 2.17. The lowest BCUT2D eigenvalue weighted by atomic mass is 10.1. The lowest BCUT2D eigenvalue weighted by Crippen LogP contribution is -2.33. The van der Waals surface area contributed by atoms with Crippen LogP contribution in [0.25, 0.3) is 0 Å². The van der Waals surface area contributed by atoms with Gasteiger partial charge in [-0.1, -0.05) is 23.4 Å². The molecule has 0 aliphatic rings. The molecule has 0 unspecified atom stereocenters. The lowest BCUT2D eigenvalue weighted by molar-refractivity contribution is -0.122. The minimum Gasteiger partial charge on any atom is -0.340 e. The first kappa shape index (κ1) is 14.9. The molecular weight excluding hydrogens is 301 g/mol. The van der Waals surface area contributed by atoms with Crippen molar-refractivity contribution in [3.63, 3.8) is 0 Å². The minimum absolute atomic E-state index is 0.00872. The fraction of sp³-hybridized carbons (Fsp3) is 0.200. The van der Waals surface area contributed by atoms with Gasteiger partial charge in [0.1, 0.15) is 18.4 Å². The van der Waals surface area contributed by atoms with E-state index in [0.29, 0.717) is 5.89 Å². The third-order valence-electron chi connectivity index (χ3n) is 3.19. The van der Waals surface area contributed by atoms with Gasteiger partial charge in [0.2, 0.25) is 11.8 Å². The van der Waals surface area contributed by atoms with Crippen molar-refractivity contribution < 1.29 is 13.7 Å². The van der Waals surface area contributed by atoms with Crippen molar-refractivity contribution in [3.8, 4) is 0 Å². The molecule has 2 heterocycles. The van der Waals surface area contributed by atoms with Gasteiger partial charge in [0.05, 0.1) is 0 Å². The van der Waals surface area contributed by atoms with Crippen LogP contribution in [0, 0.1) is 12.7 Å². The number of nitrogens with zero attached hydrogens (tertiary/aromatic N) is 4. The summed E-state index contributed by atoms with van der Waals surface area (Å²) in [6.07, 6.45) is 3.24. The van der Waals surface area contributed by atoms with Crippen molar-refractivity contribution in [1.82, 2.24) is 25.2 Å². The number of rotatable bonds is 5. The van der Waals surface area contributed by atoms with Gasteiger partial charge in [0.15, 0.2) is 5.82 Å². The Bertz CT molecular complexity index is 800. The Balaban J connectivity index is 1.86. The average molecular weight is 315 g/mol. The van der Waals surface area contributed by atoms with Gasteiger partial charge in [-0.3, -0.25) is 9.48 Å². The first-order chi connectivity index (χ1) is 11.1. The van der Waals surface area contributed by atoms with Crippen LogP contribution in [0.3, 0.4) is 0 Å². The van der Waals surface area contributed by atoms with E-state index in [1.54, 1.807) is 43.6 Å². The van der Waals surface area contributed by atoms with Gasteiger partial charge < -0.3 is 9.84 Å². The number of hydrogen-bond acceptors (Lipinski definition) is 5. The largest absolute Gasteiger partial charge is 0.340 e. The zero-order chi connectivity index (χ0) is 16.2. The molecule has 7 nitrogen and oxygen atoms in total. The SMILES string of the molecule is Cc1nc([C@@H](NC(=O)Cn2cccn2)c2ccccc2F)no1. The summed E-state index contributed by atoms with van der Waals surface area (Å²) >= 11 is 0. The summed E-state index contributed by atoms with van der Waals surface area (Å²) in [4.78, 5) is 16.3. The number of halogens is 1. The Labute approximate surface area is 131 Å². The van der Waals surface area contributed by atoms with Gasteiger partial charge >= 0.3 is 0 Å². The maximum atomic E-state index is 14.1. The Morgan fingerprint density at radius 2 is 2.22 bits per heavy atom. The monoisotopic (exact) mass is 315 g/mol. The van der Waals surface area contributed by atoms with Crippen LogP contribution in [0.5, 0.6) is 0 Å². The summed E-state index contributed by atoms with van der Waals surface area (Å²) in [6.45, 7) is 1.63. The van der Waals surface area contributed by atoms with Crippen molar-refractivity contribution in [3.05, 3.63) is 65.8 Å². The highest BCUT2D eigenvalue weighted by Gasteiger charge is 2.24. The molecule has 0 aliphatic heterocycles. The van der Waals surface area contributed by atoms with Crippen LogP contribution in [-0.2, 0) is 11.3 Å². The van der Waals surface area contributed by atoms with Crippen molar-refractivity contribution >= 4 is 5.91 Å². The molecule has 3 rings (SSSR count). The molecule has 0 radical (unpaired) electrons. The Morgan fingerprint density at radius 1 is 1.39 bits per heavy atom. The lowest BCUT2D eigenvalue weighted by Gasteiger charge is -2.16. The number of carbonyl (C=O) groups is 1. The molecule has 0 bridgehead atoms. The second kappa shape index (κ2) is 6.39. The summed E-state index contributed by atoms with van der Waals surface area (Å²) in [5.41, 5.74) is 0.266. The molecule has 0 saturated carbocycles. The topological polar surface area (TPSA) is 85.8 Å². The highest BCUT2D eigenvalue weighted by molar-refractivity contribution is 5.76. The minimum atomic E-state index is -0.836. The standard InChI is InChI=1S/C15H14FN5O2/c1-10-18-15(20-23-10)14(11-5-2-3-6-12(11)16)19-13(22)9-21-8-4-7-17-21/h2-8,14H,9H2,1H3,(H,19,22)/t14-/m0/s1.